The number of benzene rings is 1. The molecule has 7 nitrogen and oxygen atoms in total. The lowest BCUT2D eigenvalue weighted by molar-refractivity contribution is -0.136. The SMILES string of the molecule is Cn1/c(=N/N=C(/CCC(=O)O)C(=O)O)sc2ccccc21. The van der Waals surface area contributed by atoms with Gasteiger partial charge >= 0.3 is 11.9 Å². The van der Waals surface area contributed by atoms with E-state index in [4.69, 9.17) is 10.2 Å². The van der Waals surface area contributed by atoms with Crippen LogP contribution >= 0.6 is 11.3 Å². The van der Waals surface area contributed by atoms with Crippen LogP contribution in [-0.2, 0) is 16.6 Å². The van der Waals surface area contributed by atoms with Crippen LogP contribution in [0.4, 0.5) is 0 Å². The van der Waals surface area contributed by atoms with Crippen molar-refractivity contribution < 1.29 is 19.8 Å². The zero-order valence-electron chi connectivity index (χ0n) is 11.2. The maximum Gasteiger partial charge on any atom is 0.352 e. The summed E-state index contributed by atoms with van der Waals surface area (Å²) >= 11 is 1.38. The monoisotopic (exact) mass is 307 g/mol. The Hall–Kier alpha value is -2.48. The van der Waals surface area contributed by atoms with E-state index in [1.807, 2.05) is 31.3 Å². The minimum atomic E-state index is -1.26. The van der Waals surface area contributed by atoms with Gasteiger partial charge in [0.2, 0.25) is 4.80 Å². The summed E-state index contributed by atoms with van der Waals surface area (Å²) in [5.74, 6) is -2.33. The first-order valence-electron chi connectivity index (χ1n) is 6.09. The van der Waals surface area contributed by atoms with Crippen molar-refractivity contribution in [1.29, 1.82) is 0 Å². The van der Waals surface area contributed by atoms with E-state index in [9.17, 15) is 9.59 Å². The summed E-state index contributed by atoms with van der Waals surface area (Å²) in [7, 11) is 1.81. The van der Waals surface area contributed by atoms with Gasteiger partial charge < -0.3 is 14.8 Å². The molecule has 0 unspecified atom stereocenters. The number of aliphatic carboxylic acids is 2. The molecule has 2 rings (SSSR count). The number of carboxylic acids is 2. The zero-order chi connectivity index (χ0) is 15.4. The topological polar surface area (TPSA) is 104 Å². The summed E-state index contributed by atoms with van der Waals surface area (Å²) in [6.45, 7) is 0. The Morgan fingerprint density at radius 1 is 1.24 bits per heavy atom. The Balaban J connectivity index is 2.39. The molecule has 2 N–H and O–H groups in total. The van der Waals surface area contributed by atoms with Crippen molar-refractivity contribution in [3.8, 4) is 0 Å². The zero-order valence-corrected chi connectivity index (χ0v) is 12.0. The summed E-state index contributed by atoms with van der Waals surface area (Å²) in [5.41, 5.74) is 0.703. The number of aryl methyl sites for hydroxylation is 1. The van der Waals surface area contributed by atoms with Crippen LogP contribution < -0.4 is 4.80 Å². The Kier molecular flexibility index (Phi) is 4.49. The van der Waals surface area contributed by atoms with E-state index in [0.29, 0.717) is 4.80 Å². The Morgan fingerprint density at radius 3 is 2.57 bits per heavy atom. The molecule has 0 fully saturated rings. The van der Waals surface area contributed by atoms with Gasteiger partial charge in [0.05, 0.1) is 16.6 Å². The molecule has 2 aromatic rings. The van der Waals surface area contributed by atoms with Crippen molar-refractivity contribution in [2.45, 2.75) is 12.8 Å². The molecule has 0 aliphatic carbocycles. The van der Waals surface area contributed by atoms with E-state index in [1.165, 1.54) is 11.3 Å². The third kappa shape index (κ3) is 3.54. The third-order valence-corrected chi connectivity index (χ3v) is 3.90. The van der Waals surface area contributed by atoms with Crippen molar-refractivity contribution in [3.05, 3.63) is 29.1 Å². The molecule has 0 saturated carbocycles. The molecule has 0 aliphatic heterocycles. The highest BCUT2D eigenvalue weighted by atomic mass is 32.1. The van der Waals surface area contributed by atoms with Gasteiger partial charge in [0.15, 0.2) is 0 Å². The second-order valence-electron chi connectivity index (χ2n) is 4.26. The van der Waals surface area contributed by atoms with Crippen LogP contribution in [0.15, 0.2) is 34.5 Å². The summed E-state index contributed by atoms with van der Waals surface area (Å²) in [5, 5.41) is 25.2. The second-order valence-corrected chi connectivity index (χ2v) is 5.27. The largest absolute Gasteiger partial charge is 0.481 e. The van der Waals surface area contributed by atoms with Crippen LogP contribution in [0.25, 0.3) is 10.2 Å². The fourth-order valence-electron chi connectivity index (χ4n) is 1.71. The summed E-state index contributed by atoms with van der Waals surface area (Å²) in [4.78, 5) is 22.0. The lowest BCUT2D eigenvalue weighted by atomic mass is 10.2. The highest BCUT2D eigenvalue weighted by Gasteiger charge is 2.11. The number of carboxylic acid groups (broad SMARTS) is 2. The molecule has 0 aliphatic rings. The standard InChI is InChI=1S/C13H13N3O4S/c1-16-9-4-2-3-5-10(9)21-13(16)15-14-8(12(19)20)6-7-11(17)18/h2-5H,6-7H2,1H3,(H,17,18)(H,19,20)/b14-8-,15-13-. The van der Waals surface area contributed by atoms with Gasteiger partial charge in [-0.15, -0.1) is 10.2 Å². The summed E-state index contributed by atoms with van der Waals surface area (Å²) in [6, 6.07) is 7.67. The van der Waals surface area contributed by atoms with E-state index in [1.54, 1.807) is 4.57 Å². The van der Waals surface area contributed by atoms with Gasteiger partial charge in [-0.3, -0.25) is 4.79 Å². The van der Waals surface area contributed by atoms with Gasteiger partial charge in [-0.05, 0) is 12.1 Å². The summed E-state index contributed by atoms with van der Waals surface area (Å²) in [6.07, 6.45) is -0.456. The minimum Gasteiger partial charge on any atom is -0.481 e. The number of para-hydroxylation sites is 1. The Labute approximate surface area is 123 Å². The number of fused-ring (bicyclic) bond motifs is 1. The number of rotatable bonds is 5. The average Bonchev–Trinajstić information content (AvgIpc) is 2.75. The van der Waals surface area contributed by atoms with E-state index in [-0.39, 0.29) is 18.6 Å². The molecular weight excluding hydrogens is 294 g/mol. The van der Waals surface area contributed by atoms with E-state index < -0.39 is 11.9 Å². The normalized spacial score (nSPS) is 12.8. The predicted octanol–water partition coefficient (Wildman–Crippen LogP) is 1.45. The minimum absolute atomic E-state index is 0.164. The number of thiazole rings is 1. The number of hydrogen-bond donors (Lipinski definition) is 2. The molecule has 0 saturated heterocycles. The number of hydrogen-bond acceptors (Lipinski definition) is 5. The quantitative estimate of drug-likeness (QED) is 0.644. The van der Waals surface area contributed by atoms with Gasteiger partial charge in [-0.2, -0.15) is 0 Å². The first-order chi connectivity index (χ1) is 9.99. The highest BCUT2D eigenvalue weighted by molar-refractivity contribution is 7.16. The molecule has 110 valence electrons. The van der Waals surface area contributed by atoms with E-state index >= 15 is 0 Å². The van der Waals surface area contributed by atoms with Crippen molar-refractivity contribution in [3.63, 3.8) is 0 Å². The molecule has 0 amide bonds. The first-order valence-corrected chi connectivity index (χ1v) is 6.91. The van der Waals surface area contributed by atoms with Crippen molar-refractivity contribution in [1.82, 2.24) is 4.57 Å². The lowest BCUT2D eigenvalue weighted by Crippen LogP contribution is -2.16. The van der Waals surface area contributed by atoms with Crippen molar-refractivity contribution in [2.75, 3.05) is 0 Å². The molecule has 8 heteroatoms. The highest BCUT2D eigenvalue weighted by Crippen LogP contribution is 2.15. The van der Waals surface area contributed by atoms with Crippen molar-refractivity contribution in [2.24, 2.45) is 17.3 Å². The van der Waals surface area contributed by atoms with Crippen molar-refractivity contribution >= 4 is 39.2 Å². The predicted molar refractivity (Wildman–Crippen MR) is 78.3 cm³/mol. The molecule has 0 bridgehead atoms. The maximum atomic E-state index is 11.0. The third-order valence-electron chi connectivity index (χ3n) is 2.79. The second kappa shape index (κ2) is 6.31. The first kappa shape index (κ1) is 14.9. The van der Waals surface area contributed by atoms with Gasteiger partial charge in [-0.1, -0.05) is 23.5 Å². The van der Waals surface area contributed by atoms with Gasteiger partial charge in [0, 0.05) is 13.5 Å². The molecule has 21 heavy (non-hydrogen) atoms. The van der Waals surface area contributed by atoms with Crippen LogP contribution in [0.2, 0.25) is 0 Å². The molecule has 1 aromatic carbocycles. The molecule has 0 spiro atoms. The fraction of sp³-hybridized carbons (Fsp3) is 0.231. The molecule has 1 aromatic heterocycles. The number of aromatic nitrogens is 1. The van der Waals surface area contributed by atoms with E-state index in [0.717, 1.165) is 10.2 Å². The van der Waals surface area contributed by atoms with Crippen LogP contribution in [-0.4, -0.2) is 32.4 Å². The van der Waals surface area contributed by atoms with Gasteiger partial charge in [0.1, 0.15) is 5.71 Å². The lowest BCUT2D eigenvalue weighted by Gasteiger charge is -1.96. The summed E-state index contributed by atoms with van der Waals surface area (Å²) < 4.78 is 2.82. The fourth-order valence-corrected chi connectivity index (χ4v) is 2.68. The number of carbonyl (C=O) groups is 2. The smallest absolute Gasteiger partial charge is 0.352 e. The Morgan fingerprint density at radius 2 is 1.95 bits per heavy atom. The van der Waals surface area contributed by atoms with Crippen LogP contribution in [0.3, 0.4) is 0 Å². The Bertz CT molecular complexity index is 788. The average molecular weight is 307 g/mol. The van der Waals surface area contributed by atoms with Gasteiger partial charge in [0.25, 0.3) is 0 Å². The van der Waals surface area contributed by atoms with E-state index in [2.05, 4.69) is 10.2 Å². The molecular formula is C13H13N3O4S. The molecule has 0 radical (unpaired) electrons. The van der Waals surface area contributed by atoms with Crippen LogP contribution in [0.1, 0.15) is 12.8 Å². The molecule has 0 atom stereocenters. The van der Waals surface area contributed by atoms with Crippen LogP contribution in [0, 0.1) is 0 Å². The maximum absolute atomic E-state index is 11.0. The van der Waals surface area contributed by atoms with Gasteiger partial charge in [-0.25, -0.2) is 4.79 Å². The van der Waals surface area contributed by atoms with Crippen LogP contribution in [0.5, 0.6) is 0 Å². The number of nitrogens with zero attached hydrogens (tertiary/aromatic N) is 3. The molecule has 1 heterocycles.